The van der Waals surface area contributed by atoms with Gasteiger partial charge < -0.3 is 0 Å². The summed E-state index contributed by atoms with van der Waals surface area (Å²) < 4.78 is 0. The number of carbonyl (C=O) groups excluding carboxylic acids is 1. The van der Waals surface area contributed by atoms with Crippen LogP contribution in [0.1, 0.15) is 65.2 Å². The van der Waals surface area contributed by atoms with E-state index in [-0.39, 0.29) is 17.1 Å². The Balaban J connectivity index is 1.76. The summed E-state index contributed by atoms with van der Waals surface area (Å²) in [6.07, 6.45) is 10.1. The molecule has 3 fully saturated rings. The fourth-order valence-corrected chi connectivity index (χ4v) is 6.90. The summed E-state index contributed by atoms with van der Waals surface area (Å²) in [6.45, 7) is 4.55. The molecule has 0 aliphatic heterocycles. The van der Waals surface area contributed by atoms with E-state index in [1.54, 1.807) is 6.08 Å². The Bertz CT molecular complexity index is 597. The first-order chi connectivity index (χ1) is 10.9. The second-order valence-electron chi connectivity index (χ2n) is 8.92. The van der Waals surface area contributed by atoms with Crippen LogP contribution >= 0.6 is 0 Å². The summed E-state index contributed by atoms with van der Waals surface area (Å²) >= 11 is 0. The van der Waals surface area contributed by atoms with Crippen molar-refractivity contribution in [3.63, 3.8) is 0 Å². The highest BCUT2D eigenvalue weighted by Crippen LogP contribution is 2.65. The van der Waals surface area contributed by atoms with Crippen LogP contribution in [0.15, 0.2) is 11.6 Å². The van der Waals surface area contributed by atoms with Gasteiger partial charge in [-0.1, -0.05) is 18.9 Å². The van der Waals surface area contributed by atoms with Gasteiger partial charge in [-0.3, -0.25) is 14.9 Å². The smallest absolute Gasteiger partial charge is 0.229 e. The van der Waals surface area contributed by atoms with Gasteiger partial charge in [0, 0.05) is 4.92 Å². The fourth-order valence-electron chi connectivity index (χ4n) is 6.90. The first-order valence-corrected chi connectivity index (χ1v) is 9.23. The molecule has 4 aliphatic carbocycles. The summed E-state index contributed by atoms with van der Waals surface area (Å²) in [5, 5.41) is 11.8. The van der Waals surface area contributed by atoms with Gasteiger partial charge in [-0.15, -0.1) is 0 Å². The van der Waals surface area contributed by atoms with Crippen LogP contribution in [-0.4, -0.2) is 16.7 Å². The van der Waals surface area contributed by atoms with E-state index < -0.39 is 11.5 Å². The average molecular weight is 317 g/mol. The lowest BCUT2D eigenvalue weighted by Gasteiger charge is -2.57. The molecule has 6 atom stereocenters. The van der Waals surface area contributed by atoms with E-state index in [4.69, 9.17) is 0 Å². The normalized spacial score (nSPS) is 49.0. The van der Waals surface area contributed by atoms with Gasteiger partial charge in [-0.2, -0.15) is 0 Å². The maximum absolute atomic E-state index is 12.0. The third-order valence-electron chi connectivity index (χ3n) is 8.10. The minimum atomic E-state index is -0.714. The van der Waals surface area contributed by atoms with Gasteiger partial charge in [0.25, 0.3) is 0 Å². The molecule has 0 amide bonds. The van der Waals surface area contributed by atoms with E-state index in [2.05, 4.69) is 13.8 Å². The molecule has 4 nitrogen and oxygen atoms in total. The van der Waals surface area contributed by atoms with E-state index in [1.807, 2.05) is 0 Å². The Morgan fingerprint density at radius 3 is 2.70 bits per heavy atom. The van der Waals surface area contributed by atoms with Crippen molar-refractivity contribution in [1.29, 1.82) is 0 Å². The predicted octanol–water partition coefficient (Wildman–Crippen LogP) is 4.16. The van der Waals surface area contributed by atoms with E-state index in [9.17, 15) is 14.9 Å². The minimum absolute atomic E-state index is 0.0425. The minimum Gasteiger partial charge on any atom is -0.295 e. The topological polar surface area (TPSA) is 60.2 Å². The zero-order valence-corrected chi connectivity index (χ0v) is 14.2. The lowest BCUT2D eigenvalue weighted by atomic mass is 9.46. The molecular weight excluding hydrogens is 290 g/mol. The molecule has 0 aromatic carbocycles. The molecule has 4 heteroatoms. The summed E-state index contributed by atoms with van der Waals surface area (Å²) in [5.74, 6) is 1.71. The number of hydrogen-bond donors (Lipinski definition) is 0. The quantitative estimate of drug-likeness (QED) is 0.539. The molecule has 0 heterocycles. The third-order valence-corrected chi connectivity index (χ3v) is 8.10. The number of nitro groups is 1. The lowest BCUT2D eigenvalue weighted by molar-refractivity contribution is -0.542. The summed E-state index contributed by atoms with van der Waals surface area (Å²) in [6, 6.07) is -0.714. The average Bonchev–Trinajstić information content (AvgIpc) is 2.88. The number of rotatable bonds is 1. The first kappa shape index (κ1) is 15.3. The molecule has 0 N–H and O–H groups in total. The molecule has 0 aromatic rings. The van der Waals surface area contributed by atoms with Gasteiger partial charge in [0.15, 0.2) is 5.78 Å². The summed E-state index contributed by atoms with van der Waals surface area (Å²) in [5.41, 5.74) is 1.15. The molecule has 0 spiro atoms. The van der Waals surface area contributed by atoms with Gasteiger partial charge in [-0.05, 0) is 74.7 Å². The molecular formula is C19H27NO3. The molecule has 0 bridgehead atoms. The molecule has 0 saturated heterocycles. The third kappa shape index (κ3) is 1.99. The van der Waals surface area contributed by atoms with Crippen molar-refractivity contribution < 1.29 is 9.72 Å². The lowest BCUT2D eigenvalue weighted by Crippen LogP contribution is -2.56. The Morgan fingerprint density at radius 1 is 1.17 bits per heavy atom. The van der Waals surface area contributed by atoms with Gasteiger partial charge in [0.2, 0.25) is 6.04 Å². The molecule has 23 heavy (non-hydrogen) atoms. The monoisotopic (exact) mass is 317 g/mol. The van der Waals surface area contributed by atoms with Gasteiger partial charge in [0.05, 0.1) is 11.8 Å². The Kier molecular flexibility index (Phi) is 3.27. The van der Waals surface area contributed by atoms with Crippen LogP contribution in [0.25, 0.3) is 0 Å². The van der Waals surface area contributed by atoms with Crippen LogP contribution < -0.4 is 0 Å². The SMILES string of the molecule is C[C@@]12CCC[C@H]1[C@@H]1CCC3=CC(=O)CC([N+](=O)[O-])[C@]3(C)[C@H]1CC2. The molecule has 3 saturated carbocycles. The standard InChI is InChI=1S/C19H27NO3/c1-18-8-3-4-15(18)14-6-5-12-10-13(21)11-17(20(22)23)19(12,2)16(14)7-9-18/h10,14-17H,3-9,11H2,1-2H3/t14-,15-,16-,17?,18-,19-/m0/s1. The van der Waals surface area contributed by atoms with Gasteiger partial charge >= 0.3 is 0 Å². The summed E-state index contributed by atoms with van der Waals surface area (Å²) in [4.78, 5) is 23.6. The maximum Gasteiger partial charge on any atom is 0.229 e. The highest BCUT2D eigenvalue weighted by atomic mass is 16.6. The van der Waals surface area contributed by atoms with Gasteiger partial charge in [-0.25, -0.2) is 0 Å². The van der Waals surface area contributed by atoms with Crippen LogP contribution in [0.4, 0.5) is 0 Å². The van der Waals surface area contributed by atoms with Crippen LogP contribution in [0.2, 0.25) is 0 Å². The van der Waals surface area contributed by atoms with Crippen molar-refractivity contribution in [3.8, 4) is 0 Å². The number of nitrogens with zero attached hydrogens (tertiary/aromatic N) is 1. The van der Waals surface area contributed by atoms with E-state index in [0.29, 0.717) is 17.3 Å². The number of hydrogen-bond acceptors (Lipinski definition) is 3. The van der Waals surface area contributed by atoms with Crippen molar-refractivity contribution in [2.75, 3.05) is 0 Å². The highest BCUT2D eigenvalue weighted by molar-refractivity contribution is 5.92. The molecule has 4 rings (SSSR count). The zero-order valence-electron chi connectivity index (χ0n) is 14.2. The Labute approximate surface area is 137 Å². The second-order valence-corrected chi connectivity index (χ2v) is 8.92. The Hall–Kier alpha value is -1.19. The van der Waals surface area contributed by atoms with Crippen molar-refractivity contribution in [1.82, 2.24) is 0 Å². The van der Waals surface area contributed by atoms with Crippen molar-refractivity contribution in [2.24, 2.45) is 28.6 Å². The van der Waals surface area contributed by atoms with E-state index >= 15 is 0 Å². The number of carbonyl (C=O) groups is 1. The van der Waals surface area contributed by atoms with Crippen LogP contribution in [0.5, 0.6) is 0 Å². The van der Waals surface area contributed by atoms with Gasteiger partial charge in [0.1, 0.15) is 0 Å². The molecule has 126 valence electrons. The Morgan fingerprint density at radius 2 is 1.96 bits per heavy atom. The van der Waals surface area contributed by atoms with Crippen molar-refractivity contribution in [3.05, 3.63) is 21.8 Å². The van der Waals surface area contributed by atoms with Crippen molar-refractivity contribution in [2.45, 2.75) is 71.3 Å². The number of fused-ring (bicyclic) bond motifs is 5. The predicted molar refractivity (Wildman–Crippen MR) is 87.5 cm³/mol. The second kappa shape index (κ2) is 4.90. The molecule has 0 radical (unpaired) electrons. The largest absolute Gasteiger partial charge is 0.295 e. The fraction of sp³-hybridized carbons (Fsp3) is 0.842. The molecule has 4 aliphatic rings. The molecule has 1 unspecified atom stereocenters. The maximum atomic E-state index is 12.0. The van der Waals surface area contributed by atoms with Crippen LogP contribution in [-0.2, 0) is 4.79 Å². The number of ketones is 1. The van der Waals surface area contributed by atoms with E-state index in [1.165, 1.54) is 25.7 Å². The van der Waals surface area contributed by atoms with Crippen LogP contribution in [0.3, 0.4) is 0 Å². The van der Waals surface area contributed by atoms with Crippen molar-refractivity contribution >= 4 is 5.78 Å². The highest BCUT2D eigenvalue weighted by Gasteiger charge is 2.62. The summed E-state index contributed by atoms with van der Waals surface area (Å²) in [7, 11) is 0. The van der Waals surface area contributed by atoms with Crippen LogP contribution in [0, 0.1) is 38.7 Å². The zero-order chi connectivity index (χ0) is 16.4. The molecule has 0 aromatic heterocycles. The van der Waals surface area contributed by atoms with E-state index in [0.717, 1.165) is 30.8 Å². The first-order valence-electron chi connectivity index (χ1n) is 9.23.